The molecule has 0 aromatic carbocycles. The van der Waals surface area contributed by atoms with Crippen molar-refractivity contribution in [2.45, 2.75) is 44.7 Å². The van der Waals surface area contributed by atoms with Gasteiger partial charge < -0.3 is 16.6 Å². The van der Waals surface area contributed by atoms with Gasteiger partial charge in [0.05, 0.1) is 6.17 Å². The van der Waals surface area contributed by atoms with Gasteiger partial charge in [-0.2, -0.15) is 0 Å². The molecule has 0 heterocycles. The first-order valence-corrected chi connectivity index (χ1v) is 4.39. The molecule has 0 saturated heterocycles. The maximum atomic E-state index is 8.47. The number of hydrogen-bond donors (Lipinski definition) is 3. The first-order valence-electron chi connectivity index (χ1n) is 4.39. The van der Waals surface area contributed by atoms with Gasteiger partial charge in [0.15, 0.2) is 0 Å². The molecule has 0 rings (SSSR count). The van der Waals surface area contributed by atoms with Gasteiger partial charge in [-0.1, -0.05) is 25.7 Å². The molecule has 3 heteroatoms. The lowest BCUT2D eigenvalue weighted by Crippen LogP contribution is -2.29. The number of aliphatic hydroxyl groups excluding tert-OH is 1. The molecule has 0 fully saturated rings. The molecular weight excluding hydrogens is 140 g/mol. The third-order valence-corrected chi connectivity index (χ3v) is 1.70. The van der Waals surface area contributed by atoms with Crippen LogP contribution < -0.4 is 11.5 Å². The van der Waals surface area contributed by atoms with Crippen molar-refractivity contribution in [2.24, 2.45) is 11.5 Å². The van der Waals surface area contributed by atoms with Gasteiger partial charge in [0.2, 0.25) is 0 Å². The molecule has 0 aliphatic carbocycles. The molecule has 11 heavy (non-hydrogen) atoms. The molecule has 0 aliphatic rings. The van der Waals surface area contributed by atoms with Gasteiger partial charge in [0.25, 0.3) is 0 Å². The SMILES string of the molecule is NC(N)CCCCCCCO. The topological polar surface area (TPSA) is 72.3 Å². The molecule has 0 spiro atoms. The Kier molecular flexibility index (Phi) is 7.89. The van der Waals surface area contributed by atoms with Crippen molar-refractivity contribution in [2.75, 3.05) is 6.61 Å². The molecule has 0 radical (unpaired) electrons. The van der Waals surface area contributed by atoms with Crippen molar-refractivity contribution in [3.05, 3.63) is 0 Å². The molecule has 0 bridgehead atoms. The second kappa shape index (κ2) is 7.98. The van der Waals surface area contributed by atoms with E-state index in [0.717, 1.165) is 25.7 Å². The lowest BCUT2D eigenvalue weighted by molar-refractivity contribution is 0.282. The van der Waals surface area contributed by atoms with Crippen LogP contribution >= 0.6 is 0 Å². The van der Waals surface area contributed by atoms with Crippen LogP contribution in [0.5, 0.6) is 0 Å². The van der Waals surface area contributed by atoms with Gasteiger partial charge >= 0.3 is 0 Å². The van der Waals surface area contributed by atoms with Crippen LogP contribution in [0.15, 0.2) is 0 Å². The molecule has 0 aromatic rings. The van der Waals surface area contributed by atoms with E-state index >= 15 is 0 Å². The first kappa shape index (κ1) is 10.9. The molecule has 68 valence electrons. The number of unbranched alkanes of at least 4 members (excludes halogenated alkanes) is 4. The zero-order valence-electron chi connectivity index (χ0n) is 7.13. The minimum absolute atomic E-state index is 0.146. The summed E-state index contributed by atoms with van der Waals surface area (Å²) < 4.78 is 0. The lowest BCUT2D eigenvalue weighted by Gasteiger charge is -2.03. The minimum atomic E-state index is -0.146. The highest BCUT2D eigenvalue weighted by Crippen LogP contribution is 2.04. The van der Waals surface area contributed by atoms with Crippen molar-refractivity contribution in [3.8, 4) is 0 Å². The van der Waals surface area contributed by atoms with Gasteiger partial charge in [0.1, 0.15) is 0 Å². The van der Waals surface area contributed by atoms with Gasteiger partial charge in [-0.3, -0.25) is 0 Å². The summed E-state index contributed by atoms with van der Waals surface area (Å²) in [6.45, 7) is 0.316. The molecule has 0 atom stereocenters. The van der Waals surface area contributed by atoms with Crippen molar-refractivity contribution < 1.29 is 5.11 Å². The van der Waals surface area contributed by atoms with Gasteiger partial charge in [-0.15, -0.1) is 0 Å². The summed E-state index contributed by atoms with van der Waals surface area (Å²) in [7, 11) is 0. The van der Waals surface area contributed by atoms with Crippen LogP contribution in [0.25, 0.3) is 0 Å². The van der Waals surface area contributed by atoms with E-state index in [2.05, 4.69) is 0 Å². The highest BCUT2D eigenvalue weighted by atomic mass is 16.2. The highest BCUT2D eigenvalue weighted by molar-refractivity contribution is 4.51. The quantitative estimate of drug-likeness (QED) is 0.376. The minimum Gasteiger partial charge on any atom is -0.396 e. The van der Waals surface area contributed by atoms with Crippen LogP contribution in [0.3, 0.4) is 0 Å². The molecule has 0 unspecified atom stereocenters. The van der Waals surface area contributed by atoms with Crippen LogP contribution in [0.2, 0.25) is 0 Å². The number of rotatable bonds is 7. The predicted octanol–water partition coefficient (Wildman–Crippen LogP) is 0.563. The second-order valence-electron chi connectivity index (χ2n) is 2.94. The molecule has 0 aliphatic heterocycles. The monoisotopic (exact) mass is 160 g/mol. The van der Waals surface area contributed by atoms with E-state index in [1.807, 2.05) is 0 Å². The van der Waals surface area contributed by atoms with E-state index in [1.54, 1.807) is 0 Å². The van der Waals surface area contributed by atoms with Crippen molar-refractivity contribution in [1.82, 2.24) is 0 Å². The van der Waals surface area contributed by atoms with Crippen molar-refractivity contribution in [1.29, 1.82) is 0 Å². The number of nitrogens with two attached hydrogens (primary N) is 2. The Morgan fingerprint density at radius 2 is 1.45 bits per heavy atom. The Bertz CT molecular complexity index is 76.5. The van der Waals surface area contributed by atoms with Gasteiger partial charge in [0, 0.05) is 6.61 Å². The molecule has 0 saturated carbocycles. The van der Waals surface area contributed by atoms with E-state index in [0.29, 0.717) is 6.61 Å². The average Bonchev–Trinajstić information content (AvgIpc) is 1.96. The van der Waals surface area contributed by atoms with E-state index in [-0.39, 0.29) is 6.17 Å². The molecule has 0 amide bonds. The fourth-order valence-electron chi connectivity index (χ4n) is 1.02. The Labute approximate surface area is 68.8 Å². The summed E-state index contributed by atoms with van der Waals surface area (Å²) in [5.74, 6) is 0. The van der Waals surface area contributed by atoms with E-state index in [1.165, 1.54) is 12.8 Å². The summed E-state index contributed by atoms with van der Waals surface area (Å²) in [6, 6.07) is 0. The van der Waals surface area contributed by atoms with Crippen LogP contribution in [0, 0.1) is 0 Å². The predicted molar refractivity (Wildman–Crippen MR) is 47.0 cm³/mol. The fourth-order valence-corrected chi connectivity index (χ4v) is 1.02. The molecule has 5 N–H and O–H groups in total. The molecule has 0 aromatic heterocycles. The standard InChI is InChI=1S/C8H20N2O/c9-8(10)6-4-2-1-3-5-7-11/h8,11H,1-7,9-10H2. The molecule has 3 nitrogen and oxygen atoms in total. The zero-order valence-corrected chi connectivity index (χ0v) is 7.13. The van der Waals surface area contributed by atoms with Gasteiger partial charge in [-0.25, -0.2) is 0 Å². The third kappa shape index (κ3) is 9.88. The maximum Gasteiger partial charge on any atom is 0.0520 e. The van der Waals surface area contributed by atoms with Gasteiger partial charge in [-0.05, 0) is 12.8 Å². The Hall–Kier alpha value is -0.120. The summed E-state index contributed by atoms with van der Waals surface area (Å²) in [4.78, 5) is 0. The van der Waals surface area contributed by atoms with Crippen LogP contribution in [0.4, 0.5) is 0 Å². The summed E-state index contributed by atoms with van der Waals surface area (Å²) in [5.41, 5.74) is 10.7. The molecular formula is C8H20N2O. The Morgan fingerprint density at radius 3 is 2.00 bits per heavy atom. The largest absolute Gasteiger partial charge is 0.396 e. The zero-order chi connectivity index (χ0) is 8.53. The van der Waals surface area contributed by atoms with Crippen molar-refractivity contribution in [3.63, 3.8) is 0 Å². The van der Waals surface area contributed by atoms with Crippen LogP contribution in [-0.4, -0.2) is 17.9 Å². The fraction of sp³-hybridized carbons (Fsp3) is 1.00. The summed E-state index contributed by atoms with van der Waals surface area (Å²) in [5, 5.41) is 8.47. The summed E-state index contributed by atoms with van der Waals surface area (Å²) in [6.07, 6.45) is 6.30. The second-order valence-corrected chi connectivity index (χ2v) is 2.94. The van der Waals surface area contributed by atoms with Crippen molar-refractivity contribution >= 4 is 0 Å². The van der Waals surface area contributed by atoms with E-state index < -0.39 is 0 Å². The highest BCUT2D eigenvalue weighted by Gasteiger charge is 1.93. The summed E-state index contributed by atoms with van der Waals surface area (Å²) >= 11 is 0. The van der Waals surface area contributed by atoms with E-state index in [4.69, 9.17) is 16.6 Å². The van der Waals surface area contributed by atoms with Crippen LogP contribution in [-0.2, 0) is 0 Å². The smallest absolute Gasteiger partial charge is 0.0520 e. The van der Waals surface area contributed by atoms with E-state index in [9.17, 15) is 0 Å². The number of aliphatic hydroxyl groups is 1. The Morgan fingerprint density at radius 1 is 0.909 bits per heavy atom. The van der Waals surface area contributed by atoms with Crippen LogP contribution in [0.1, 0.15) is 38.5 Å². The average molecular weight is 160 g/mol. The lowest BCUT2D eigenvalue weighted by atomic mass is 10.1. The Balaban J connectivity index is 2.80. The third-order valence-electron chi connectivity index (χ3n) is 1.70. The maximum absolute atomic E-state index is 8.47. The normalized spacial score (nSPS) is 10.9. The number of hydrogen-bond acceptors (Lipinski definition) is 3. The first-order chi connectivity index (χ1) is 5.27.